The molecule has 6 heteroatoms. The topological polar surface area (TPSA) is 43.4 Å². The average Bonchev–Trinajstić information content (AvgIpc) is 1.82. The van der Waals surface area contributed by atoms with E-state index in [1.807, 2.05) is 0 Å². The first-order chi connectivity index (χ1) is 5.65. The number of rotatable bonds is 5. The van der Waals surface area contributed by atoms with Crippen LogP contribution in [0.5, 0.6) is 0 Å². The number of hydrogen-bond acceptors (Lipinski definition) is 3. The first kappa shape index (κ1) is 12.8. The molecule has 0 saturated carbocycles. The second kappa shape index (κ2) is 4.32. The Morgan fingerprint density at radius 3 is 2.15 bits per heavy atom. The van der Waals surface area contributed by atoms with Gasteiger partial charge in [0.15, 0.2) is 9.84 Å². The zero-order chi connectivity index (χ0) is 10.7. The highest BCUT2D eigenvalue weighted by molar-refractivity contribution is 7.90. The Kier molecular flexibility index (Phi) is 4.25. The lowest BCUT2D eigenvalue weighted by molar-refractivity contribution is -0.101. The van der Waals surface area contributed by atoms with Gasteiger partial charge in [0.25, 0.3) is 5.92 Å². The maximum Gasteiger partial charge on any atom is 0.273 e. The van der Waals surface area contributed by atoms with Gasteiger partial charge >= 0.3 is 0 Å². The van der Waals surface area contributed by atoms with Gasteiger partial charge in [0.1, 0.15) is 12.5 Å². The minimum absolute atomic E-state index is 0.657. The molecule has 80 valence electrons. The summed E-state index contributed by atoms with van der Waals surface area (Å²) in [6.45, 7) is 1.85. The second-order valence-electron chi connectivity index (χ2n) is 3.31. The van der Waals surface area contributed by atoms with Crippen molar-refractivity contribution in [2.75, 3.05) is 18.8 Å². The van der Waals surface area contributed by atoms with E-state index in [2.05, 4.69) is 4.74 Å². The van der Waals surface area contributed by atoms with Gasteiger partial charge in [0.05, 0.1) is 0 Å². The molecule has 0 heterocycles. The van der Waals surface area contributed by atoms with Gasteiger partial charge in [-0.3, -0.25) is 0 Å². The minimum atomic E-state index is -3.33. The molecule has 0 atom stereocenters. The summed E-state index contributed by atoms with van der Waals surface area (Å²) in [4.78, 5) is 0. The molecular weight excluding hydrogens is 202 g/mol. The van der Waals surface area contributed by atoms with Crippen molar-refractivity contribution in [1.82, 2.24) is 0 Å². The quantitative estimate of drug-likeness (QED) is 0.695. The fourth-order valence-electron chi connectivity index (χ4n) is 0.496. The summed E-state index contributed by atoms with van der Waals surface area (Å²) in [7, 11) is -3.33. The van der Waals surface area contributed by atoms with E-state index in [-0.39, 0.29) is 0 Å². The van der Waals surface area contributed by atoms with Crippen molar-refractivity contribution in [1.29, 1.82) is 0 Å². The van der Waals surface area contributed by atoms with Crippen LogP contribution < -0.4 is 0 Å². The number of hydrogen-bond donors (Lipinski definition) is 0. The number of alkyl halides is 2. The Bertz CT molecular complexity index is 246. The highest BCUT2D eigenvalue weighted by Crippen LogP contribution is 2.23. The van der Waals surface area contributed by atoms with Gasteiger partial charge in [0, 0.05) is 12.2 Å². The summed E-state index contributed by atoms with van der Waals surface area (Å²) in [5.74, 6) is -4.48. The van der Waals surface area contributed by atoms with Gasteiger partial charge in [-0.25, -0.2) is 17.2 Å². The molecular formula is C7H14F2O3S. The van der Waals surface area contributed by atoms with E-state index < -0.39 is 34.2 Å². The lowest BCUT2D eigenvalue weighted by Crippen LogP contribution is -2.31. The van der Waals surface area contributed by atoms with E-state index in [0.717, 1.165) is 6.26 Å². The lowest BCUT2D eigenvalue weighted by Gasteiger charge is -2.19. The SMILES string of the molecule is CC(C)C(F)(F)COCS(C)(=O)=O. The molecule has 0 aliphatic carbocycles. The molecule has 0 amide bonds. The summed E-state index contributed by atoms with van der Waals surface area (Å²) in [5, 5.41) is 0. The summed E-state index contributed by atoms with van der Waals surface area (Å²) in [6.07, 6.45) is 0.931. The standard InChI is InChI=1S/C7H14F2O3S/c1-6(2)7(8,9)4-12-5-13(3,10)11/h6H,4-5H2,1-3H3. The molecule has 0 aromatic heterocycles. The smallest absolute Gasteiger partial charge is 0.273 e. The highest BCUT2D eigenvalue weighted by atomic mass is 32.2. The molecule has 0 bridgehead atoms. The zero-order valence-electron chi connectivity index (χ0n) is 7.88. The van der Waals surface area contributed by atoms with Crippen molar-refractivity contribution in [3.63, 3.8) is 0 Å². The maximum absolute atomic E-state index is 12.8. The monoisotopic (exact) mass is 216 g/mol. The van der Waals surface area contributed by atoms with Crippen LogP contribution in [-0.4, -0.2) is 33.1 Å². The fourth-order valence-corrected chi connectivity index (χ4v) is 0.882. The summed E-state index contributed by atoms with van der Waals surface area (Å²) >= 11 is 0. The minimum Gasteiger partial charge on any atom is -0.359 e. The molecule has 0 aromatic carbocycles. The molecule has 0 rings (SSSR count). The molecule has 0 spiro atoms. The molecule has 13 heavy (non-hydrogen) atoms. The lowest BCUT2D eigenvalue weighted by atomic mass is 10.1. The van der Waals surface area contributed by atoms with Crippen LogP contribution in [0.3, 0.4) is 0 Å². The predicted octanol–water partition coefficient (Wildman–Crippen LogP) is 1.30. The van der Waals surface area contributed by atoms with Crippen LogP contribution in [0.15, 0.2) is 0 Å². The molecule has 0 N–H and O–H groups in total. The fraction of sp³-hybridized carbons (Fsp3) is 1.00. The molecule has 0 aliphatic rings. The van der Waals surface area contributed by atoms with E-state index in [4.69, 9.17) is 0 Å². The van der Waals surface area contributed by atoms with Crippen LogP contribution in [-0.2, 0) is 14.6 Å². The van der Waals surface area contributed by atoms with Crippen LogP contribution in [0, 0.1) is 5.92 Å². The molecule has 0 aliphatic heterocycles. The molecule has 0 aromatic rings. The van der Waals surface area contributed by atoms with E-state index >= 15 is 0 Å². The number of sulfone groups is 1. The van der Waals surface area contributed by atoms with Gasteiger partial charge in [-0.15, -0.1) is 0 Å². The van der Waals surface area contributed by atoms with Gasteiger partial charge in [-0.05, 0) is 0 Å². The predicted molar refractivity (Wildman–Crippen MR) is 45.4 cm³/mol. The average molecular weight is 216 g/mol. The van der Waals surface area contributed by atoms with Crippen molar-refractivity contribution in [3.8, 4) is 0 Å². The van der Waals surface area contributed by atoms with E-state index in [1.54, 1.807) is 0 Å². The van der Waals surface area contributed by atoms with Crippen LogP contribution >= 0.6 is 0 Å². The van der Waals surface area contributed by atoms with E-state index in [9.17, 15) is 17.2 Å². The van der Waals surface area contributed by atoms with Crippen LogP contribution in [0.4, 0.5) is 8.78 Å². The van der Waals surface area contributed by atoms with Crippen molar-refractivity contribution in [3.05, 3.63) is 0 Å². The number of ether oxygens (including phenoxy) is 1. The van der Waals surface area contributed by atoms with Gasteiger partial charge in [-0.1, -0.05) is 13.8 Å². The third-order valence-corrected chi connectivity index (χ3v) is 2.03. The third-order valence-electron chi connectivity index (χ3n) is 1.44. The van der Waals surface area contributed by atoms with E-state index in [1.165, 1.54) is 13.8 Å². The van der Waals surface area contributed by atoms with Crippen LogP contribution in [0.2, 0.25) is 0 Å². The van der Waals surface area contributed by atoms with Crippen molar-refractivity contribution in [2.45, 2.75) is 19.8 Å². The molecule has 3 nitrogen and oxygen atoms in total. The Labute approximate surface area is 77.0 Å². The van der Waals surface area contributed by atoms with E-state index in [0.29, 0.717) is 0 Å². The Hall–Kier alpha value is -0.230. The van der Waals surface area contributed by atoms with Gasteiger partial charge < -0.3 is 4.74 Å². The second-order valence-corrected chi connectivity index (χ2v) is 5.40. The zero-order valence-corrected chi connectivity index (χ0v) is 8.70. The van der Waals surface area contributed by atoms with Crippen molar-refractivity contribution >= 4 is 9.84 Å². The van der Waals surface area contributed by atoms with Crippen LogP contribution in [0.25, 0.3) is 0 Å². The molecule has 0 radical (unpaired) electrons. The normalized spacial score (nSPS) is 13.7. The molecule has 0 saturated heterocycles. The van der Waals surface area contributed by atoms with Crippen molar-refractivity contribution in [2.24, 2.45) is 5.92 Å². The Balaban J connectivity index is 3.90. The largest absolute Gasteiger partial charge is 0.359 e. The van der Waals surface area contributed by atoms with Gasteiger partial charge in [-0.2, -0.15) is 0 Å². The molecule has 0 fully saturated rings. The highest BCUT2D eigenvalue weighted by Gasteiger charge is 2.33. The first-order valence-electron chi connectivity index (χ1n) is 3.78. The van der Waals surface area contributed by atoms with Crippen molar-refractivity contribution < 1.29 is 21.9 Å². The maximum atomic E-state index is 12.8. The van der Waals surface area contributed by atoms with Crippen LogP contribution in [0.1, 0.15) is 13.8 Å². The summed E-state index contributed by atoms with van der Waals surface area (Å²) < 4.78 is 51.0. The first-order valence-corrected chi connectivity index (χ1v) is 5.84. The summed E-state index contributed by atoms with van der Waals surface area (Å²) in [5.41, 5.74) is 0. The van der Waals surface area contributed by atoms with Gasteiger partial charge in [0.2, 0.25) is 0 Å². The Morgan fingerprint density at radius 2 is 1.85 bits per heavy atom. The Morgan fingerprint density at radius 1 is 1.38 bits per heavy atom. The summed E-state index contributed by atoms with van der Waals surface area (Å²) in [6, 6.07) is 0. The number of halogens is 2. The molecule has 0 unspecified atom stereocenters. The third kappa shape index (κ3) is 5.93.